The fraction of sp³-hybridized carbons (Fsp3) is 0.370. The second-order valence-electron chi connectivity index (χ2n) is 9.37. The Bertz CT molecular complexity index is 1310. The number of hydrogen-bond acceptors (Lipinski definition) is 5. The summed E-state index contributed by atoms with van der Waals surface area (Å²) in [6.07, 6.45) is 3.71. The second-order valence-corrected chi connectivity index (χ2v) is 9.78. The van der Waals surface area contributed by atoms with Gasteiger partial charge in [0.25, 0.3) is 17.7 Å². The summed E-state index contributed by atoms with van der Waals surface area (Å²) in [7, 11) is 1.66. The Morgan fingerprint density at radius 2 is 1.78 bits per heavy atom. The first-order chi connectivity index (χ1) is 17.9. The van der Waals surface area contributed by atoms with Crippen molar-refractivity contribution in [2.75, 3.05) is 31.8 Å². The van der Waals surface area contributed by atoms with E-state index in [0.29, 0.717) is 42.1 Å². The van der Waals surface area contributed by atoms with Crippen LogP contribution in [-0.2, 0) is 14.3 Å². The van der Waals surface area contributed by atoms with Crippen LogP contribution in [0, 0.1) is 0 Å². The molecule has 0 bridgehead atoms. The minimum atomic E-state index is -0.302. The van der Waals surface area contributed by atoms with E-state index in [9.17, 15) is 14.4 Å². The van der Waals surface area contributed by atoms with Crippen molar-refractivity contribution in [3.63, 3.8) is 0 Å². The highest BCUT2D eigenvalue weighted by Crippen LogP contribution is 2.26. The summed E-state index contributed by atoms with van der Waals surface area (Å²) in [6.45, 7) is 1.03. The smallest absolute Gasteiger partial charge is 0.253 e. The highest BCUT2D eigenvalue weighted by Gasteiger charge is 2.33. The molecule has 2 heterocycles. The number of aromatic nitrogens is 1. The number of fused-ring (bicyclic) bond motifs is 1. The maximum atomic E-state index is 13.1. The minimum absolute atomic E-state index is 0.00603. The quantitative estimate of drug-likeness (QED) is 0.458. The number of hydrogen-bond donors (Lipinski definition) is 3. The zero-order chi connectivity index (χ0) is 25.9. The molecule has 0 radical (unpaired) electrons. The van der Waals surface area contributed by atoms with Gasteiger partial charge in [-0.05, 0) is 55.7 Å². The molecule has 1 aromatic heterocycles. The lowest BCUT2D eigenvalue weighted by Crippen LogP contribution is -2.55. The monoisotopic (exact) mass is 524 g/mol. The van der Waals surface area contributed by atoms with Crippen molar-refractivity contribution < 1.29 is 23.9 Å². The number of halogens is 1. The lowest BCUT2D eigenvalue weighted by atomic mass is 9.87. The van der Waals surface area contributed by atoms with Gasteiger partial charge in [-0.2, -0.15) is 0 Å². The Labute approximate surface area is 219 Å². The van der Waals surface area contributed by atoms with Gasteiger partial charge in [0, 0.05) is 53.6 Å². The third-order valence-electron chi connectivity index (χ3n) is 7.09. The van der Waals surface area contributed by atoms with E-state index < -0.39 is 0 Å². The largest absolute Gasteiger partial charge is 0.381 e. The first-order valence-corrected chi connectivity index (χ1v) is 12.7. The molecule has 1 saturated carbocycles. The molecule has 2 fully saturated rings. The summed E-state index contributed by atoms with van der Waals surface area (Å²) < 4.78 is 10.7. The third kappa shape index (κ3) is 5.49. The molecule has 5 rings (SSSR count). The predicted molar refractivity (Wildman–Crippen MR) is 140 cm³/mol. The number of anilines is 1. The molecule has 9 nitrogen and oxygen atoms in total. The average Bonchev–Trinajstić information content (AvgIpc) is 3.29. The molecule has 3 atom stereocenters. The Morgan fingerprint density at radius 3 is 2.54 bits per heavy atom. The van der Waals surface area contributed by atoms with E-state index in [2.05, 4.69) is 15.6 Å². The highest BCUT2D eigenvalue weighted by atomic mass is 35.5. The van der Waals surface area contributed by atoms with Gasteiger partial charge < -0.3 is 30.0 Å². The normalized spacial score (nSPS) is 22.2. The molecule has 1 aliphatic carbocycles. The van der Waals surface area contributed by atoms with Gasteiger partial charge in [0.2, 0.25) is 0 Å². The molecule has 194 valence electrons. The number of rotatable bonds is 6. The molecule has 3 amide bonds. The number of methoxy groups -OCH3 is 1. The van der Waals surface area contributed by atoms with Crippen LogP contribution in [0.2, 0.25) is 5.02 Å². The van der Waals surface area contributed by atoms with Gasteiger partial charge >= 0.3 is 0 Å². The zero-order valence-corrected chi connectivity index (χ0v) is 21.2. The summed E-state index contributed by atoms with van der Waals surface area (Å²) in [5.74, 6) is -0.564. The fourth-order valence-corrected chi connectivity index (χ4v) is 5.22. The first kappa shape index (κ1) is 25.3. The number of morpholine rings is 1. The highest BCUT2D eigenvalue weighted by molar-refractivity contribution is 6.35. The average molecular weight is 525 g/mol. The Hall–Kier alpha value is -3.40. The molecule has 1 aliphatic heterocycles. The number of benzene rings is 2. The van der Waals surface area contributed by atoms with Crippen LogP contribution in [0.5, 0.6) is 0 Å². The van der Waals surface area contributed by atoms with Gasteiger partial charge in [0.1, 0.15) is 6.61 Å². The molecule has 3 aromatic rings. The van der Waals surface area contributed by atoms with E-state index in [1.165, 1.54) is 0 Å². The van der Waals surface area contributed by atoms with Crippen LogP contribution in [0.4, 0.5) is 5.69 Å². The number of amides is 3. The van der Waals surface area contributed by atoms with Crippen molar-refractivity contribution in [1.29, 1.82) is 0 Å². The van der Waals surface area contributed by atoms with Crippen LogP contribution < -0.4 is 15.5 Å². The molecular weight excluding hydrogens is 496 g/mol. The molecule has 37 heavy (non-hydrogen) atoms. The summed E-state index contributed by atoms with van der Waals surface area (Å²) in [5.41, 5.74) is 2.50. The van der Waals surface area contributed by atoms with Gasteiger partial charge in [-0.25, -0.2) is 0 Å². The van der Waals surface area contributed by atoms with E-state index >= 15 is 0 Å². The van der Waals surface area contributed by atoms with Crippen molar-refractivity contribution in [2.24, 2.45) is 0 Å². The molecule has 0 spiro atoms. The number of H-pyrrole nitrogens is 1. The van der Waals surface area contributed by atoms with E-state index in [1.807, 2.05) is 6.07 Å². The maximum Gasteiger partial charge on any atom is 0.253 e. The Morgan fingerprint density at radius 1 is 1.05 bits per heavy atom. The number of carbonyl (C=O) groups is 3. The molecule has 2 aliphatic rings. The predicted octanol–water partition coefficient (Wildman–Crippen LogP) is 3.28. The lowest BCUT2D eigenvalue weighted by molar-refractivity contribution is -0.125. The summed E-state index contributed by atoms with van der Waals surface area (Å²) in [6, 6.07) is 11.7. The number of nitrogens with one attached hydrogen (secondary N) is 3. The van der Waals surface area contributed by atoms with Gasteiger partial charge in [-0.1, -0.05) is 17.7 Å². The summed E-state index contributed by atoms with van der Waals surface area (Å²) >= 11 is 6.16. The Balaban J connectivity index is 1.27. The number of nitrogens with zero attached hydrogens (tertiary/aromatic N) is 1. The van der Waals surface area contributed by atoms with Gasteiger partial charge in [0.15, 0.2) is 0 Å². The van der Waals surface area contributed by atoms with Crippen LogP contribution in [0.1, 0.15) is 40.0 Å². The standard InChI is InChI=1S/C27H29ClN4O5/c1-36-19-7-9-22(24(13-19)31-27(35)17-4-8-20-21(28)14-29-23(20)12-17)30-26(34)16-2-5-18(6-3-16)32-10-11-37-15-25(32)33/h2-6,8,12,14,19,22,24,29H,7,9-11,13,15H2,1H3,(H,30,34)(H,31,35)/t19-,22-,24+/m0/s1. The number of ether oxygens (including phenoxy) is 2. The summed E-state index contributed by atoms with van der Waals surface area (Å²) in [4.78, 5) is 43.0. The van der Waals surface area contributed by atoms with E-state index in [1.54, 1.807) is 54.6 Å². The van der Waals surface area contributed by atoms with Crippen molar-refractivity contribution in [3.05, 3.63) is 64.8 Å². The van der Waals surface area contributed by atoms with Crippen LogP contribution in [-0.4, -0.2) is 67.8 Å². The maximum absolute atomic E-state index is 13.1. The minimum Gasteiger partial charge on any atom is -0.381 e. The molecule has 2 aromatic carbocycles. The molecular formula is C27H29ClN4O5. The van der Waals surface area contributed by atoms with Crippen LogP contribution in [0.25, 0.3) is 10.9 Å². The fourth-order valence-electron chi connectivity index (χ4n) is 5.00. The first-order valence-electron chi connectivity index (χ1n) is 12.3. The SMILES string of the molecule is CO[C@H]1CC[C@H](NC(=O)c2ccc(N3CCOCC3=O)cc2)[C@H](NC(=O)c2ccc3c(Cl)c[nH]c3c2)C1. The lowest BCUT2D eigenvalue weighted by Gasteiger charge is -2.36. The Kier molecular flexibility index (Phi) is 7.45. The van der Waals surface area contributed by atoms with Gasteiger partial charge in [0.05, 0.1) is 23.8 Å². The second kappa shape index (κ2) is 10.9. The van der Waals surface area contributed by atoms with Gasteiger partial charge in [-0.15, -0.1) is 0 Å². The van der Waals surface area contributed by atoms with Gasteiger partial charge in [-0.3, -0.25) is 14.4 Å². The topological polar surface area (TPSA) is 113 Å². The molecule has 3 N–H and O–H groups in total. The van der Waals surface area contributed by atoms with Crippen molar-refractivity contribution in [3.8, 4) is 0 Å². The van der Waals surface area contributed by atoms with E-state index in [-0.39, 0.29) is 42.5 Å². The van der Waals surface area contributed by atoms with Crippen molar-refractivity contribution in [2.45, 2.75) is 37.5 Å². The van der Waals surface area contributed by atoms with E-state index in [0.717, 1.165) is 23.0 Å². The number of aromatic amines is 1. The molecule has 0 unspecified atom stereocenters. The number of carbonyl (C=O) groups excluding carboxylic acids is 3. The van der Waals surface area contributed by atoms with E-state index in [4.69, 9.17) is 21.1 Å². The van der Waals surface area contributed by atoms with Crippen LogP contribution >= 0.6 is 11.6 Å². The van der Waals surface area contributed by atoms with Crippen molar-refractivity contribution in [1.82, 2.24) is 15.6 Å². The zero-order valence-electron chi connectivity index (χ0n) is 20.5. The molecule has 10 heteroatoms. The van der Waals surface area contributed by atoms with Crippen LogP contribution in [0.3, 0.4) is 0 Å². The van der Waals surface area contributed by atoms with Crippen LogP contribution in [0.15, 0.2) is 48.7 Å². The summed E-state index contributed by atoms with van der Waals surface area (Å²) in [5, 5.41) is 7.65. The third-order valence-corrected chi connectivity index (χ3v) is 7.40. The molecule has 1 saturated heterocycles. The van der Waals surface area contributed by atoms with Crippen molar-refractivity contribution >= 4 is 45.9 Å².